The van der Waals surface area contributed by atoms with Gasteiger partial charge in [-0.2, -0.15) is 0 Å². The molecule has 0 bridgehead atoms. The molecule has 2 atom stereocenters. The molecule has 2 fully saturated rings. The van der Waals surface area contributed by atoms with E-state index in [1.54, 1.807) is 0 Å². The third kappa shape index (κ3) is 4.03. The zero-order valence-electron chi connectivity index (χ0n) is 16.0. The van der Waals surface area contributed by atoms with Gasteiger partial charge in [-0.1, -0.05) is 50.1 Å². The summed E-state index contributed by atoms with van der Waals surface area (Å²) in [4.78, 5) is 5.61. The van der Waals surface area contributed by atoms with Crippen LogP contribution in [0.25, 0.3) is 0 Å². The summed E-state index contributed by atoms with van der Waals surface area (Å²) in [5, 5.41) is 0. The number of aryl methyl sites for hydroxylation is 1. The molecule has 0 N–H and O–H groups in total. The highest BCUT2D eigenvalue weighted by molar-refractivity contribution is 5.24. The Morgan fingerprint density at radius 2 is 1.67 bits per heavy atom. The van der Waals surface area contributed by atoms with E-state index >= 15 is 0 Å². The molecule has 1 aromatic carbocycles. The Bertz CT molecular complexity index is 487. The summed E-state index contributed by atoms with van der Waals surface area (Å²) in [7, 11) is 0. The van der Waals surface area contributed by atoms with Crippen molar-refractivity contribution in [2.75, 3.05) is 19.6 Å². The van der Waals surface area contributed by atoms with Crippen LogP contribution >= 0.6 is 0 Å². The van der Waals surface area contributed by atoms with Crippen LogP contribution in [0.5, 0.6) is 0 Å². The number of nitrogens with zero attached hydrogens (tertiary/aromatic N) is 2. The molecule has 0 aromatic heterocycles. The summed E-state index contributed by atoms with van der Waals surface area (Å²) in [6.45, 7) is 10.8. The van der Waals surface area contributed by atoms with E-state index in [0.29, 0.717) is 6.04 Å². The highest BCUT2D eigenvalue weighted by atomic mass is 15.2. The van der Waals surface area contributed by atoms with Gasteiger partial charge in [0.05, 0.1) is 0 Å². The van der Waals surface area contributed by atoms with Gasteiger partial charge in [-0.05, 0) is 57.6 Å². The molecule has 2 unspecified atom stereocenters. The minimum Gasteiger partial charge on any atom is -0.297 e. The van der Waals surface area contributed by atoms with Gasteiger partial charge in [0.25, 0.3) is 0 Å². The number of benzene rings is 1. The highest BCUT2D eigenvalue weighted by Gasteiger charge is 2.32. The van der Waals surface area contributed by atoms with Crippen LogP contribution in [0.2, 0.25) is 0 Å². The first-order valence-electron chi connectivity index (χ1n) is 10.3. The molecule has 0 radical (unpaired) electrons. The van der Waals surface area contributed by atoms with Gasteiger partial charge < -0.3 is 0 Å². The molecule has 2 heterocycles. The lowest BCUT2D eigenvalue weighted by Crippen LogP contribution is -2.51. The lowest BCUT2D eigenvalue weighted by atomic mass is 9.92. The van der Waals surface area contributed by atoms with Crippen molar-refractivity contribution in [3.63, 3.8) is 0 Å². The molecule has 0 spiro atoms. The first-order valence-corrected chi connectivity index (χ1v) is 10.3. The minimum atomic E-state index is 0.606. The van der Waals surface area contributed by atoms with E-state index in [2.05, 4.69) is 54.8 Å². The van der Waals surface area contributed by atoms with Crippen molar-refractivity contribution in [2.45, 2.75) is 83.8 Å². The average Bonchev–Trinajstić information content (AvgIpc) is 2.64. The van der Waals surface area contributed by atoms with E-state index in [9.17, 15) is 0 Å². The van der Waals surface area contributed by atoms with E-state index in [1.165, 1.54) is 75.7 Å². The summed E-state index contributed by atoms with van der Waals surface area (Å²) < 4.78 is 0. The van der Waals surface area contributed by atoms with Gasteiger partial charge in [0.15, 0.2) is 0 Å². The van der Waals surface area contributed by atoms with Crippen LogP contribution in [0.15, 0.2) is 24.3 Å². The van der Waals surface area contributed by atoms with Crippen molar-refractivity contribution in [1.29, 1.82) is 0 Å². The summed E-state index contributed by atoms with van der Waals surface area (Å²) in [6.07, 6.45) is 9.56. The standard InChI is InChI=1S/C22H36N2/c1-4-20-8-6-7-15-24(20)21-13-16-23(17-14-21)22(5-2)19-11-9-18(3)10-12-19/h9-12,20-22H,4-8,13-17H2,1-3H3. The van der Waals surface area contributed by atoms with Crippen molar-refractivity contribution in [3.05, 3.63) is 35.4 Å². The Morgan fingerprint density at radius 1 is 0.958 bits per heavy atom. The quantitative estimate of drug-likeness (QED) is 0.735. The smallest absolute Gasteiger partial charge is 0.0345 e. The Kier molecular flexibility index (Phi) is 6.35. The zero-order valence-corrected chi connectivity index (χ0v) is 16.0. The van der Waals surface area contributed by atoms with E-state index in [0.717, 1.165) is 12.1 Å². The van der Waals surface area contributed by atoms with Crippen LogP contribution in [0.3, 0.4) is 0 Å². The summed E-state index contributed by atoms with van der Waals surface area (Å²) in [5.74, 6) is 0. The number of likely N-dealkylation sites (tertiary alicyclic amines) is 2. The van der Waals surface area contributed by atoms with Gasteiger partial charge in [-0.25, -0.2) is 0 Å². The van der Waals surface area contributed by atoms with Gasteiger partial charge in [-0.15, -0.1) is 0 Å². The van der Waals surface area contributed by atoms with E-state index in [4.69, 9.17) is 0 Å². The molecule has 2 saturated heterocycles. The van der Waals surface area contributed by atoms with Crippen molar-refractivity contribution >= 4 is 0 Å². The predicted molar refractivity (Wildman–Crippen MR) is 103 cm³/mol. The molecule has 134 valence electrons. The summed E-state index contributed by atoms with van der Waals surface area (Å²) in [5.41, 5.74) is 2.87. The highest BCUT2D eigenvalue weighted by Crippen LogP contribution is 2.31. The average molecular weight is 329 g/mol. The SMILES string of the molecule is CCC(c1ccc(C)cc1)N1CCC(N2CCCCC2CC)CC1. The topological polar surface area (TPSA) is 6.48 Å². The van der Waals surface area contributed by atoms with Gasteiger partial charge >= 0.3 is 0 Å². The van der Waals surface area contributed by atoms with Crippen molar-refractivity contribution in [3.8, 4) is 0 Å². The van der Waals surface area contributed by atoms with E-state index < -0.39 is 0 Å². The van der Waals surface area contributed by atoms with Crippen molar-refractivity contribution in [2.24, 2.45) is 0 Å². The van der Waals surface area contributed by atoms with Gasteiger partial charge in [-0.3, -0.25) is 9.80 Å². The Balaban J connectivity index is 1.60. The molecule has 2 nitrogen and oxygen atoms in total. The first-order chi connectivity index (χ1) is 11.7. The first kappa shape index (κ1) is 17.9. The number of piperidine rings is 2. The zero-order chi connectivity index (χ0) is 16.9. The fraction of sp³-hybridized carbons (Fsp3) is 0.727. The maximum atomic E-state index is 2.87. The molecule has 0 aliphatic carbocycles. The Morgan fingerprint density at radius 3 is 2.29 bits per heavy atom. The van der Waals surface area contributed by atoms with Crippen LogP contribution in [0.1, 0.15) is 76.0 Å². The minimum absolute atomic E-state index is 0.606. The largest absolute Gasteiger partial charge is 0.297 e. The number of hydrogen-bond donors (Lipinski definition) is 0. The fourth-order valence-corrected chi connectivity index (χ4v) is 4.96. The molecule has 2 aliphatic heterocycles. The summed E-state index contributed by atoms with van der Waals surface area (Å²) in [6, 6.07) is 11.5. The molecule has 0 saturated carbocycles. The Labute approximate surface area is 149 Å². The molecule has 2 heteroatoms. The Hall–Kier alpha value is -0.860. The van der Waals surface area contributed by atoms with Crippen LogP contribution in [-0.4, -0.2) is 41.5 Å². The van der Waals surface area contributed by atoms with Crippen molar-refractivity contribution < 1.29 is 0 Å². The summed E-state index contributed by atoms with van der Waals surface area (Å²) >= 11 is 0. The van der Waals surface area contributed by atoms with E-state index in [-0.39, 0.29) is 0 Å². The second-order valence-corrected chi connectivity index (χ2v) is 7.90. The molecular weight excluding hydrogens is 292 g/mol. The molecule has 0 amide bonds. The van der Waals surface area contributed by atoms with Gasteiger partial charge in [0.2, 0.25) is 0 Å². The van der Waals surface area contributed by atoms with Crippen LogP contribution in [0.4, 0.5) is 0 Å². The molecular formula is C22H36N2. The third-order valence-electron chi connectivity index (χ3n) is 6.40. The molecule has 1 aromatic rings. The molecule has 2 aliphatic rings. The van der Waals surface area contributed by atoms with Crippen LogP contribution in [-0.2, 0) is 0 Å². The fourth-order valence-electron chi connectivity index (χ4n) is 4.96. The van der Waals surface area contributed by atoms with E-state index in [1.807, 2.05) is 0 Å². The maximum Gasteiger partial charge on any atom is 0.0345 e. The van der Waals surface area contributed by atoms with Crippen molar-refractivity contribution in [1.82, 2.24) is 9.80 Å². The lowest BCUT2D eigenvalue weighted by Gasteiger charge is -2.46. The predicted octanol–water partition coefficient (Wildman–Crippen LogP) is 5.18. The van der Waals surface area contributed by atoms with Crippen LogP contribution < -0.4 is 0 Å². The second kappa shape index (κ2) is 8.49. The maximum absolute atomic E-state index is 2.87. The van der Waals surface area contributed by atoms with Gasteiger partial charge in [0, 0.05) is 31.2 Å². The van der Waals surface area contributed by atoms with Crippen LogP contribution in [0, 0.1) is 6.92 Å². The van der Waals surface area contributed by atoms with Gasteiger partial charge in [0.1, 0.15) is 0 Å². The normalized spacial score (nSPS) is 25.7. The molecule has 3 rings (SSSR count). The lowest BCUT2D eigenvalue weighted by molar-refractivity contribution is 0.0362. The monoisotopic (exact) mass is 328 g/mol. The second-order valence-electron chi connectivity index (χ2n) is 7.90. The number of hydrogen-bond acceptors (Lipinski definition) is 2. The number of rotatable bonds is 5. The third-order valence-corrected chi connectivity index (χ3v) is 6.40. The molecule has 24 heavy (non-hydrogen) atoms.